The molecule has 0 bridgehead atoms. The van der Waals surface area contributed by atoms with Crippen molar-refractivity contribution in [2.75, 3.05) is 31.1 Å². The minimum absolute atomic E-state index is 0.772. The third-order valence-electron chi connectivity index (χ3n) is 6.39. The van der Waals surface area contributed by atoms with E-state index in [9.17, 15) is 0 Å². The SMILES string of the molecule is Cc1ccc2nc(N3CCN(Cc4ccc(-c5ccc(Cl)cc5)cc4)CC3)cc(C)c2c1. The molecule has 1 aliphatic heterocycles. The number of hydrogen-bond donors (Lipinski definition) is 0. The Hall–Kier alpha value is -2.88. The van der Waals surface area contributed by atoms with Crippen LogP contribution in [0, 0.1) is 13.8 Å². The van der Waals surface area contributed by atoms with Gasteiger partial charge in [0.2, 0.25) is 0 Å². The van der Waals surface area contributed by atoms with Crippen LogP contribution in [0.4, 0.5) is 5.82 Å². The highest BCUT2D eigenvalue weighted by Crippen LogP contribution is 2.25. The summed E-state index contributed by atoms with van der Waals surface area (Å²) in [5.74, 6) is 1.10. The van der Waals surface area contributed by atoms with E-state index in [1.54, 1.807) is 0 Å². The monoisotopic (exact) mass is 441 g/mol. The van der Waals surface area contributed by atoms with Crippen LogP contribution in [0.25, 0.3) is 22.0 Å². The highest BCUT2D eigenvalue weighted by Gasteiger charge is 2.19. The Bertz CT molecular complexity index is 1220. The minimum atomic E-state index is 0.772. The number of pyridine rings is 1. The van der Waals surface area contributed by atoms with E-state index in [0.29, 0.717) is 0 Å². The summed E-state index contributed by atoms with van der Waals surface area (Å²) in [4.78, 5) is 9.91. The smallest absolute Gasteiger partial charge is 0.129 e. The number of benzene rings is 3. The summed E-state index contributed by atoms with van der Waals surface area (Å²) in [6, 6.07) is 25.7. The molecule has 3 aromatic carbocycles. The van der Waals surface area contributed by atoms with Crippen LogP contribution in [0.5, 0.6) is 0 Å². The second kappa shape index (κ2) is 8.93. The van der Waals surface area contributed by atoms with Gasteiger partial charge in [-0.05, 0) is 66.4 Å². The molecule has 5 rings (SSSR count). The molecule has 3 nitrogen and oxygen atoms in total. The van der Waals surface area contributed by atoms with E-state index in [-0.39, 0.29) is 0 Å². The number of aryl methyl sites for hydroxylation is 2. The van der Waals surface area contributed by atoms with E-state index < -0.39 is 0 Å². The molecule has 0 spiro atoms. The van der Waals surface area contributed by atoms with Gasteiger partial charge in [-0.3, -0.25) is 4.90 Å². The van der Waals surface area contributed by atoms with Crippen LogP contribution in [0.2, 0.25) is 5.02 Å². The normalized spacial score (nSPS) is 14.8. The number of aromatic nitrogens is 1. The first-order valence-electron chi connectivity index (χ1n) is 11.3. The van der Waals surface area contributed by atoms with Crippen molar-refractivity contribution in [1.82, 2.24) is 9.88 Å². The topological polar surface area (TPSA) is 19.4 Å². The average Bonchev–Trinajstić information content (AvgIpc) is 2.81. The van der Waals surface area contributed by atoms with Crippen molar-refractivity contribution in [3.05, 3.63) is 94.5 Å². The summed E-state index contributed by atoms with van der Waals surface area (Å²) in [6.07, 6.45) is 0. The highest BCUT2D eigenvalue weighted by molar-refractivity contribution is 6.30. The second-order valence-corrected chi connectivity index (χ2v) is 9.22. The van der Waals surface area contributed by atoms with E-state index in [2.05, 4.69) is 84.3 Å². The van der Waals surface area contributed by atoms with E-state index in [1.165, 1.54) is 33.2 Å². The van der Waals surface area contributed by atoms with E-state index in [0.717, 1.165) is 49.1 Å². The maximum Gasteiger partial charge on any atom is 0.129 e. The van der Waals surface area contributed by atoms with Gasteiger partial charge in [-0.1, -0.05) is 59.6 Å². The van der Waals surface area contributed by atoms with Crippen molar-refractivity contribution in [2.45, 2.75) is 20.4 Å². The molecule has 0 saturated carbocycles. The average molecular weight is 442 g/mol. The first-order chi connectivity index (χ1) is 15.5. The van der Waals surface area contributed by atoms with Gasteiger partial charge in [0.05, 0.1) is 5.52 Å². The van der Waals surface area contributed by atoms with Gasteiger partial charge in [-0.25, -0.2) is 4.98 Å². The highest BCUT2D eigenvalue weighted by atomic mass is 35.5. The van der Waals surface area contributed by atoms with Crippen LogP contribution in [0.15, 0.2) is 72.8 Å². The van der Waals surface area contributed by atoms with Crippen LogP contribution in [0.1, 0.15) is 16.7 Å². The van der Waals surface area contributed by atoms with Crippen LogP contribution in [-0.2, 0) is 6.54 Å². The minimum Gasteiger partial charge on any atom is -0.354 e. The number of piperazine rings is 1. The summed E-state index contributed by atoms with van der Waals surface area (Å²) >= 11 is 6.01. The Morgan fingerprint density at radius 2 is 1.44 bits per heavy atom. The van der Waals surface area contributed by atoms with Crippen molar-refractivity contribution in [3.8, 4) is 11.1 Å². The Labute approximate surface area is 195 Å². The molecule has 0 atom stereocenters. The van der Waals surface area contributed by atoms with Crippen molar-refractivity contribution < 1.29 is 0 Å². The molecule has 1 aromatic heterocycles. The number of nitrogens with zero attached hydrogens (tertiary/aromatic N) is 3. The standard InChI is InChI=1S/C28H28ClN3/c1-20-3-12-27-26(17-20)21(2)18-28(30-27)32-15-13-31(14-16-32)19-22-4-6-23(7-5-22)24-8-10-25(29)11-9-24/h3-12,17-18H,13-16,19H2,1-2H3. The van der Waals surface area contributed by atoms with Crippen molar-refractivity contribution in [2.24, 2.45) is 0 Å². The number of anilines is 1. The Morgan fingerprint density at radius 1 is 0.781 bits per heavy atom. The summed E-state index contributed by atoms with van der Waals surface area (Å²) < 4.78 is 0. The van der Waals surface area contributed by atoms with Gasteiger partial charge in [0.25, 0.3) is 0 Å². The molecule has 1 fully saturated rings. The Kier molecular flexibility index (Phi) is 5.86. The molecule has 0 radical (unpaired) electrons. The van der Waals surface area contributed by atoms with Crippen LogP contribution in [-0.4, -0.2) is 36.1 Å². The maximum atomic E-state index is 6.01. The van der Waals surface area contributed by atoms with E-state index in [4.69, 9.17) is 16.6 Å². The molecule has 0 N–H and O–H groups in total. The van der Waals surface area contributed by atoms with Gasteiger partial charge in [0, 0.05) is 43.1 Å². The predicted molar refractivity (Wildman–Crippen MR) is 136 cm³/mol. The molecular formula is C28H28ClN3. The lowest BCUT2D eigenvalue weighted by atomic mass is 10.0. The molecular weight excluding hydrogens is 414 g/mol. The van der Waals surface area contributed by atoms with Gasteiger partial charge in [0.15, 0.2) is 0 Å². The lowest BCUT2D eigenvalue weighted by Crippen LogP contribution is -2.46. The first-order valence-corrected chi connectivity index (χ1v) is 11.6. The summed E-state index contributed by atoms with van der Waals surface area (Å²) in [5.41, 5.74) is 7.45. The summed E-state index contributed by atoms with van der Waals surface area (Å²) in [5, 5.41) is 2.03. The zero-order valence-electron chi connectivity index (χ0n) is 18.7. The first kappa shape index (κ1) is 21.0. The van der Waals surface area contributed by atoms with E-state index in [1.807, 2.05) is 12.1 Å². The molecule has 2 heterocycles. The third-order valence-corrected chi connectivity index (χ3v) is 6.64. The molecule has 162 valence electrons. The van der Waals surface area contributed by atoms with E-state index >= 15 is 0 Å². The quantitative estimate of drug-likeness (QED) is 0.360. The van der Waals surface area contributed by atoms with Gasteiger partial charge in [0.1, 0.15) is 5.82 Å². The van der Waals surface area contributed by atoms with Gasteiger partial charge in [-0.15, -0.1) is 0 Å². The molecule has 1 saturated heterocycles. The van der Waals surface area contributed by atoms with Crippen LogP contribution >= 0.6 is 11.6 Å². The molecule has 0 unspecified atom stereocenters. The fourth-order valence-corrected chi connectivity index (χ4v) is 4.62. The Morgan fingerprint density at radius 3 is 2.12 bits per heavy atom. The lowest BCUT2D eigenvalue weighted by Gasteiger charge is -2.35. The fourth-order valence-electron chi connectivity index (χ4n) is 4.49. The molecule has 0 amide bonds. The molecule has 1 aliphatic rings. The number of hydrogen-bond acceptors (Lipinski definition) is 3. The zero-order valence-corrected chi connectivity index (χ0v) is 19.4. The summed E-state index contributed by atoms with van der Waals surface area (Å²) in [6.45, 7) is 9.42. The van der Waals surface area contributed by atoms with Crippen LogP contribution in [0.3, 0.4) is 0 Å². The number of fused-ring (bicyclic) bond motifs is 1. The van der Waals surface area contributed by atoms with Gasteiger partial charge >= 0.3 is 0 Å². The number of rotatable bonds is 4. The third kappa shape index (κ3) is 4.50. The van der Waals surface area contributed by atoms with Gasteiger partial charge < -0.3 is 4.90 Å². The van der Waals surface area contributed by atoms with Crippen molar-refractivity contribution in [3.63, 3.8) is 0 Å². The second-order valence-electron chi connectivity index (χ2n) is 8.78. The van der Waals surface area contributed by atoms with Crippen LogP contribution < -0.4 is 4.90 Å². The van der Waals surface area contributed by atoms with Gasteiger partial charge in [-0.2, -0.15) is 0 Å². The lowest BCUT2D eigenvalue weighted by molar-refractivity contribution is 0.249. The molecule has 4 aromatic rings. The van der Waals surface area contributed by atoms with Crippen molar-refractivity contribution in [1.29, 1.82) is 0 Å². The van der Waals surface area contributed by atoms with Crippen molar-refractivity contribution >= 4 is 28.3 Å². The summed E-state index contributed by atoms with van der Waals surface area (Å²) in [7, 11) is 0. The zero-order chi connectivity index (χ0) is 22.1. The molecule has 4 heteroatoms. The number of halogens is 1. The Balaban J connectivity index is 1.22. The fraction of sp³-hybridized carbons (Fsp3) is 0.250. The largest absolute Gasteiger partial charge is 0.354 e. The molecule has 0 aliphatic carbocycles. The maximum absolute atomic E-state index is 6.01. The predicted octanol–water partition coefficient (Wildman–Crippen LogP) is 6.49. The molecule has 32 heavy (non-hydrogen) atoms.